The molecule has 1 rings (SSSR count). The van der Waals surface area contributed by atoms with Crippen molar-refractivity contribution in [1.82, 2.24) is 5.32 Å². The van der Waals surface area contributed by atoms with Crippen molar-refractivity contribution in [3.8, 4) is 0 Å². The Balaban J connectivity index is 2.58. The zero-order chi connectivity index (χ0) is 14.6. The van der Waals surface area contributed by atoms with Crippen molar-refractivity contribution in [2.45, 2.75) is 33.2 Å². The number of anilines is 1. The molecule has 0 unspecified atom stereocenters. The van der Waals surface area contributed by atoms with E-state index in [1.54, 1.807) is 12.1 Å². The Labute approximate surface area is 113 Å². The predicted molar refractivity (Wildman–Crippen MR) is 73.8 cm³/mol. The van der Waals surface area contributed by atoms with Crippen LogP contribution in [0.25, 0.3) is 0 Å². The van der Waals surface area contributed by atoms with Gasteiger partial charge in [-0.05, 0) is 51.5 Å². The van der Waals surface area contributed by atoms with Crippen LogP contribution in [0, 0.1) is 6.92 Å². The minimum absolute atomic E-state index is 0.302. The summed E-state index contributed by atoms with van der Waals surface area (Å²) in [7, 11) is 0. The summed E-state index contributed by atoms with van der Waals surface area (Å²) in [6.45, 7) is 7.10. The lowest BCUT2D eigenvalue weighted by atomic mass is 10.1. The number of hydrogen-bond donors (Lipinski definition) is 2. The van der Waals surface area contributed by atoms with Gasteiger partial charge in [-0.1, -0.05) is 0 Å². The van der Waals surface area contributed by atoms with Crippen LogP contribution in [0.3, 0.4) is 0 Å². The van der Waals surface area contributed by atoms with Gasteiger partial charge in [0.1, 0.15) is 0 Å². The van der Waals surface area contributed by atoms with E-state index in [2.05, 4.69) is 5.32 Å². The topological polar surface area (TPSA) is 81.4 Å². The highest BCUT2D eigenvalue weighted by Crippen LogP contribution is 2.12. The molecule has 1 amide bonds. The van der Waals surface area contributed by atoms with Crippen molar-refractivity contribution < 1.29 is 14.3 Å². The third-order valence-corrected chi connectivity index (χ3v) is 2.18. The van der Waals surface area contributed by atoms with Crippen molar-refractivity contribution >= 4 is 17.6 Å². The van der Waals surface area contributed by atoms with Gasteiger partial charge >= 0.3 is 5.97 Å². The number of hydrogen-bond acceptors (Lipinski definition) is 4. The summed E-state index contributed by atoms with van der Waals surface area (Å²) in [6.07, 6.45) is 0. The van der Waals surface area contributed by atoms with E-state index in [4.69, 9.17) is 10.5 Å². The average molecular weight is 264 g/mol. The second kappa shape index (κ2) is 5.73. The molecule has 0 radical (unpaired) electrons. The number of rotatable bonds is 3. The number of carbonyl (C=O) groups excluding carboxylic acids is 2. The largest absolute Gasteiger partial charge is 0.452 e. The molecule has 0 atom stereocenters. The van der Waals surface area contributed by atoms with E-state index in [-0.39, 0.29) is 18.1 Å². The van der Waals surface area contributed by atoms with Crippen LogP contribution in [-0.4, -0.2) is 24.0 Å². The van der Waals surface area contributed by atoms with Gasteiger partial charge in [0.25, 0.3) is 5.91 Å². The number of ether oxygens (including phenoxy) is 1. The van der Waals surface area contributed by atoms with Crippen LogP contribution in [0.15, 0.2) is 18.2 Å². The van der Waals surface area contributed by atoms with Crippen molar-refractivity contribution in [3.63, 3.8) is 0 Å². The summed E-state index contributed by atoms with van der Waals surface area (Å²) in [4.78, 5) is 23.3. The van der Waals surface area contributed by atoms with Gasteiger partial charge in [0.15, 0.2) is 6.61 Å². The number of aryl methyl sites for hydroxylation is 1. The molecule has 0 heterocycles. The summed E-state index contributed by atoms with van der Waals surface area (Å²) in [6, 6.07) is 4.94. The summed E-state index contributed by atoms with van der Waals surface area (Å²) >= 11 is 0. The molecule has 0 fully saturated rings. The second-order valence-corrected chi connectivity index (χ2v) is 5.51. The van der Waals surface area contributed by atoms with Gasteiger partial charge in [-0.2, -0.15) is 0 Å². The molecule has 0 aliphatic heterocycles. The van der Waals surface area contributed by atoms with E-state index in [0.717, 1.165) is 5.56 Å². The van der Waals surface area contributed by atoms with E-state index in [0.29, 0.717) is 11.3 Å². The Kier molecular flexibility index (Phi) is 4.53. The van der Waals surface area contributed by atoms with E-state index < -0.39 is 5.97 Å². The molecule has 1 aromatic rings. The molecule has 0 aromatic heterocycles. The molecule has 0 saturated heterocycles. The standard InChI is InChI=1S/C14H20N2O3/c1-9-5-10(7-11(15)6-9)13(18)19-8-12(17)16-14(2,3)4/h5-7H,8,15H2,1-4H3,(H,16,17). The number of nitrogen functional groups attached to an aromatic ring is 1. The first kappa shape index (κ1) is 15.0. The first-order valence-corrected chi connectivity index (χ1v) is 6.03. The van der Waals surface area contributed by atoms with Gasteiger partial charge < -0.3 is 15.8 Å². The van der Waals surface area contributed by atoms with Crippen LogP contribution in [0.1, 0.15) is 36.7 Å². The van der Waals surface area contributed by atoms with Crippen LogP contribution in [0.2, 0.25) is 0 Å². The van der Waals surface area contributed by atoms with Gasteiger partial charge in [-0.25, -0.2) is 4.79 Å². The van der Waals surface area contributed by atoms with Crippen LogP contribution in [0.4, 0.5) is 5.69 Å². The molecule has 3 N–H and O–H groups in total. The quantitative estimate of drug-likeness (QED) is 0.642. The molecule has 19 heavy (non-hydrogen) atoms. The van der Waals surface area contributed by atoms with Crippen LogP contribution in [0.5, 0.6) is 0 Å². The maximum absolute atomic E-state index is 11.8. The van der Waals surface area contributed by atoms with E-state index in [9.17, 15) is 9.59 Å². The van der Waals surface area contributed by atoms with E-state index >= 15 is 0 Å². The smallest absolute Gasteiger partial charge is 0.338 e. The van der Waals surface area contributed by atoms with Crippen molar-refractivity contribution in [2.75, 3.05) is 12.3 Å². The first-order chi connectivity index (χ1) is 8.67. The monoisotopic (exact) mass is 264 g/mol. The van der Waals surface area contributed by atoms with Crippen LogP contribution in [-0.2, 0) is 9.53 Å². The predicted octanol–water partition coefficient (Wildman–Crippen LogP) is 1.65. The third-order valence-electron chi connectivity index (χ3n) is 2.18. The highest BCUT2D eigenvalue weighted by atomic mass is 16.5. The number of amides is 1. The molecule has 5 heteroatoms. The fourth-order valence-electron chi connectivity index (χ4n) is 1.60. The maximum atomic E-state index is 11.8. The summed E-state index contributed by atoms with van der Waals surface area (Å²) in [5.74, 6) is -0.888. The average Bonchev–Trinajstić information content (AvgIpc) is 2.22. The molecule has 5 nitrogen and oxygen atoms in total. The SMILES string of the molecule is Cc1cc(N)cc(C(=O)OCC(=O)NC(C)(C)C)c1. The Morgan fingerprint density at radius 1 is 1.26 bits per heavy atom. The lowest BCUT2D eigenvalue weighted by Gasteiger charge is -2.20. The van der Waals surface area contributed by atoms with Crippen molar-refractivity contribution in [2.24, 2.45) is 0 Å². The Hall–Kier alpha value is -2.04. The summed E-state index contributed by atoms with van der Waals surface area (Å²) in [5.41, 5.74) is 7.01. The molecule has 0 aliphatic rings. The molecule has 0 spiro atoms. The molecule has 0 bridgehead atoms. The highest BCUT2D eigenvalue weighted by molar-refractivity contribution is 5.92. The Morgan fingerprint density at radius 2 is 1.89 bits per heavy atom. The van der Waals surface area contributed by atoms with Gasteiger partial charge in [0, 0.05) is 11.2 Å². The third kappa shape index (κ3) is 5.42. The molecule has 1 aromatic carbocycles. The first-order valence-electron chi connectivity index (χ1n) is 6.03. The number of esters is 1. The molecular formula is C14H20N2O3. The summed E-state index contributed by atoms with van der Waals surface area (Å²) in [5, 5.41) is 2.71. The van der Waals surface area contributed by atoms with Gasteiger partial charge in [-0.15, -0.1) is 0 Å². The van der Waals surface area contributed by atoms with Gasteiger partial charge in [-0.3, -0.25) is 4.79 Å². The van der Waals surface area contributed by atoms with Gasteiger partial charge in [0.05, 0.1) is 5.56 Å². The lowest BCUT2D eigenvalue weighted by molar-refractivity contribution is -0.125. The molecule has 0 aliphatic carbocycles. The van der Waals surface area contributed by atoms with Crippen molar-refractivity contribution in [3.05, 3.63) is 29.3 Å². The molecule has 104 valence electrons. The fourth-order valence-corrected chi connectivity index (χ4v) is 1.60. The zero-order valence-corrected chi connectivity index (χ0v) is 11.7. The Bertz CT molecular complexity index is 470. The summed E-state index contributed by atoms with van der Waals surface area (Å²) < 4.78 is 4.94. The van der Waals surface area contributed by atoms with Crippen LogP contribution >= 0.6 is 0 Å². The van der Waals surface area contributed by atoms with Crippen molar-refractivity contribution in [1.29, 1.82) is 0 Å². The zero-order valence-electron chi connectivity index (χ0n) is 11.7. The minimum Gasteiger partial charge on any atom is -0.452 e. The van der Waals surface area contributed by atoms with Gasteiger partial charge in [0.2, 0.25) is 0 Å². The fraction of sp³-hybridized carbons (Fsp3) is 0.429. The number of carbonyl (C=O) groups is 2. The van der Waals surface area contributed by atoms with E-state index in [1.807, 2.05) is 27.7 Å². The van der Waals surface area contributed by atoms with Crippen LogP contribution < -0.4 is 11.1 Å². The molecular weight excluding hydrogens is 244 g/mol. The number of benzene rings is 1. The minimum atomic E-state index is -0.556. The normalized spacial score (nSPS) is 10.9. The Morgan fingerprint density at radius 3 is 2.42 bits per heavy atom. The highest BCUT2D eigenvalue weighted by Gasteiger charge is 2.16. The number of nitrogens with two attached hydrogens (primary N) is 1. The maximum Gasteiger partial charge on any atom is 0.338 e. The second-order valence-electron chi connectivity index (χ2n) is 5.51. The lowest BCUT2D eigenvalue weighted by Crippen LogP contribution is -2.42. The number of nitrogens with one attached hydrogen (secondary N) is 1. The molecule has 0 saturated carbocycles. The van der Waals surface area contributed by atoms with E-state index in [1.165, 1.54) is 6.07 Å².